The van der Waals surface area contributed by atoms with Crippen molar-refractivity contribution >= 4 is 11.7 Å². The van der Waals surface area contributed by atoms with Crippen molar-refractivity contribution < 1.29 is 4.79 Å². The third kappa shape index (κ3) is 20.9. The summed E-state index contributed by atoms with van der Waals surface area (Å²) in [5.74, 6) is 0.291. The lowest BCUT2D eigenvalue weighted by molar-refractivity contribution is -0.124. The lowest BCUT2D eigenvalue weighted by Crippen LogP contribution is -2.27. The fourth-order valence-electron chi connectivity index (χ4n) is 0.547. The van der Waals surface area contributed by atoms with Gasteiger partial charge in [0.15, 0.2) is 11.7 Å². The number of nitrogens with two attached hydrogens (primary N) is 3. The van der Waals surface area contributed by atoms with Crippen molar-refractivity contribution in [3.8, 4) is 0 Å². The molecular formula is C12H30N4O. The summed E-state index contributed by atoms with van der Waals surface area (Å²) in [5, 5.41) is 0. The number of carbonyl (C=O) groups is 1. The Morgan fingerprint density at radius 1 is 1.18 bits per heavy atom. The molecule has 5 nitrogen and oxygen atoms in total. The Bertz CT molecular complexity index is 203. The number of aliphatic imine (C=N–C) groups is 1. The first kappa shape index (κ1) is 21.2. The maximum Gasteiger partial charge on any atom is 0.185 e. The van der Waals surface area contributed by atoms with E-state index in [0.717, 1.165) is 13.0 Å². The molecule has 17 heavy (non-hydrogen) atoms. The van der Waals surface area contributed by atoms with Crippen molar-refractivity contribution in [3.05, 3.63) is 0 Å². The highest BCUT2D eigenvalue weighted by molar-refractivity contribution is 5.85. The molecule has 0 saturated carbocycles. The molecular weight excluding hydrogens is 216 g/mol. The molecule has 6 N–H and O–H groups in total. The summed E-state index contributed by atoms with van der Waals surface area (Å²) >= 11 is 0. The smallest absolute Gasteiger partial charge is 0.185 e. The lowest BCUT2D eigenvalue weighted by Gasteiger charge is -2.13. The fraction of sp³-hybridized carbons (Fsp3) is 0.833. The minimum Gasteiger partial charge on any atom is -0.370 e. The minimum atomic E-state index is -0.255. The molecule has 0 aliphatic heterocycles. The quantitative estimate of drug-likeness (QED) is 0.514. The van der Waals surface area contributed by atoms with Gasteiger partial charge in [-0.25, -0.2) is 0 Å². The van der Waals surface area contributed by atoms with Crippen LogP contribution in [0.15, 0.2) is 4.99 Å². The van der Waals surface area contributed by atoms with E-state index < -0.39 is 0 Å². The summed E-state index contributed by atoms with van der Waals surface area (Å²) in [5.41, 5.74) is 14.9. The van der Waals surface area contributed by atoms with Gasteiger partial charge in [-0.2, -0.15) is 0 Å². The number of ketones is 1. The van der Waals surface area contributed by atoms with Gasteiger partial charge >= 0.3 is 0 Å². The Labute approximate surface area is 106 Å². The van der Waals surface area contributed by atoms with Gasteiger partial charge in [0, 0.05) is 12.0 Å². The van der Waals surface area contributed by atoms with Crippen molar-refractivity contribution in [3.63, 3.8) is 0 Å². The summed E-state index contributed by atoms with van der Waals surface area (Å²) in [6, 6.07) is 0. The average Bonchev–Trinajstić information content (AvgIpc) is 2.27. The predicted octanol–water partition coefficient (Wildman–Crippen LogP) is 1.26. The Morgan fingerprint density at radius 3 is 1.65 bits per heavy atom. The van der Waals surface area contributed by atoms with Crippen molar-refractivity contribution in [1.29, 1.82) is 0 Å². The molecule has 0 atom stereocenters. The Kier molecular flexibility index (Phi) is 16.2. The Balaban J connectivity index is -0.000000202. The first-order valence-electron chi connectivity index (χ1n) is 6.04. The van der Waals surface area contributed by atoms with Crippen molar-refractivity contribution in [2.45, 2.75) is 48.0 Å². The third-order valence-electron chi connectivity index (χ3n) is 1.54. The molecule has 0 aromatic rings. The van der Waals surface area contributed by atoms with E-state index in [-0.39, 0.29) is 23.7 Å². The number of nitrogens with zero attached hydrogens (tertiary/aromatic N) is 1. The molecule has 0 amide bonds. The fourth-order valence-corrected chi connectivity index (χ4v) is 0.547. The number of Topliss-reactive ketones (excluding diaryl/α,β-unsaturated/α-hetero) is 1. The first-order chi connectivity index (χ1) is 7.75. The molecule has 0 bridgehead atoms. The third-order valence-corrected chi connectivity index (χ3v) is 1.54. The molecule has 0 aliphatic rings. The van der Waals surface area contributed by atoms with E-state index in [4.69, 9.17) is 17.2 Å². The van der Waals surface area contributed by atoms with E-state index in [0.29, 0.717) is 0 Å². The number of hydrogen-bond acceptors (Lipinski definition) is 3. The standard InChI is InChI=1S/C6H13NO.C4H11N3.C2H6/c1-6(2,3)5(8)4-7;1-2-3-7-4(5)6;1-2/h4,7H2,1-3H3;2-3H2,1H3,(H4,5,6,7);1-2H3. The van der Waals surface area contributed by atoms with Gasteiger partial charge in [-0.15, -0.1) is 0 Å². The second-order valence-electron chi connectivity index (χ2n) is 4.18. The van der Waals surface area contributed by atoms with Crippen LogP contribution in [0.5, 0.6) is 0 Å². The first-order valence-corrected chi connectivity index (χ1v) is 6.04. The molecule has 0 spiro atoms. The molecule has 0 unspecified atom stereocenters. The van der Waals surface area contributed by atoms with Gasteiger partial charge in [-0.05, 0) is 6.42 Å². The van der Waals surface area contributed by atoms with Crippen LogP contribution in [-0.4, -0.2) is 24.8 Å². The van der Waals surface area contributed by atoms with Crippen LogP contribution in [0.2, 0.25) is 0 Å². The largest absolute Gasteiger partial charge is 0.370 e. The maximum absolute atomic E-state index is 10.7. The number of carbonyl (C=O) groups excluding carboxylic acids is 1. The Hall–Kier alpha value is -1.10. The summed E-state index contributed by atoms with van der Waals surface area (Å²) in [6.45, 7) is 12.5. The van der Waals surface area contributed by atoms with E-state index in [9.17, 15) is 4.79 Å². The number of rotatable bonds is 3. The van der Waals surface area contributed by atoms with Gasteiger partial charge in [-0.1, -0.05) is 41.5 Å². The highest BCUT2D eigenvalue weighted by Gasteiger charge is 2.18. The number of guanidine groups is 1. The van der Waals surface area contributed by atoms with Crippen molar-refractivity contribution in [2.24, 2.45) is 27.6 Å². The van der Waals surface area contributed by atoms with E-state index in [1.165, 1.54) is 0 Å². The van der Waals surface area contributed by atoms with Gasteiger partial charge in [0.05, 0.1) is 6.54 Å². The van der Waals surface area contributed by atoms with Crippen LogP contribution in [-0.2, 0) is 4.79 Å². The topological polar surface area (TPSA) is 107 Å². The van der Waals surface area contributed by atoms with Crippen molar-refractivity contribution in [1.82, 2.24) is 0 Å². The van der Waals surface area contributed by atoms with E-state index in [1.54, 1.807) is 0 Å². The van der Waals surface area contributed by atoms with Gasteiger partial charge in [0.25, 0.3) is 0 Å². The zero-order chi connectivity index (χ0) is 14.5. The molecule has 0 radical (unpaired) electrons. The highest BCUT2D eigenvalue weighted by atomic mass is 16.1. The molecule has 0 fully saturated rings. The molecule has 0 aromatic heterocycles. The van der Waals surface area contributed by atoms with Crippen LogP contribution in [0.1, 0.15) is 48.0 Å². The van der Waals surface area contributed by atoms with E-state index in [2.05, 4.69) is 4.99 Å². The molecule has 0 heterocycles. The normalized spacial score (nSPS) is 9.12. The van der Waals surface area contributed by atoms with Crippen LogP contribution >= 0.6 is 0 Å². The SMILES string of the molecule is CC.CC(C)(C)C(=O)CN.CCCN=C(N)N. The van der Waals surface area contributed by atoms with Crippen LogP contribution in [0.3, 0.4) is 0 Å². The second kappa shape index (κ2) is 13.0. The van der Waals surface area contributed by atoms with Crippen LogP contribution in [0.4, 0.5) is 0 Å². The predicted molar refractivity (Wildman–Crippen MR) is 75.8 cm³/mol. The van der Waals surface area contributed by atoms with Crippen LogP contribution < -0.4 is 17.2 Å². The number of hydrogen-bond donors (Lipinski definition) is 3. The zero-order valence-corrected chi connectivity index (χ0v) is 12.2. The summed E-state index contributed by atoms with van der Waals surface area (Å²) in [7, 11) is 0. The van der Waals surface area contributed by atoms with Gasteiger partial charge in [-0.3, -0.25) is 9.79 Å². The van der Waals surface area contributed by atoms with Gasteiger partial charge < -0.3 is 17.2 Å². The average molecular weight is 246 g/mol. The van der Waals surface area contributed by atoms with E-state index >= 15 is 0 Å². The molecule has 5 heteroatoms. The van der Waals surface area contributed by atoms with Crippen LogP contribution in [0, 0.1) is 5.41 Å². The van der Waals surface area contributed by atoms with E-state index in [1.807, 2.05) is 41.5 Å². The summed E-state index contributed by atoms with van der Waals surface area (Å²) < 4.78 is 0. The molecule has 0 aliphatic carbocycles. The van der Waals surface area contributed by atoms with Gasteiger partial charge in [0.2, 0.25) is 0 Å². The summed E-state index contributed by atoms with van der Waals surface area (Å²) in [4.78, 5) is 14.4. The molecule has 0 aromatic carbocycles. The lowest BCUT2D eigenvalue weighted by atomic mass is 9.91. The highest BCUT2D eigenvalue weighted by Crippen LogP contribution is 2.12. The van der Waals surface area contributed by atoms with Gasteiger partial charge in [0.1, 0.15) is 0 Å². The maximum atomic E-state index is 10.7. The molecule has 0 rings (SSSR count). The monoisotopic (exact) mass is 246 g/mol. The van der Waals surface area contributed by atoms with Crippen LogP contribution in [0.25, 0.3) is 0 Å². The second-order valence-corrected chi connectivity index (χ2v) is 4.18. The van der Waals surface area contributed by atoms with Crippen molar-refractivity contribution in [2.75, 3.05) is 13.1 Å². The zero-order valence-electron chi connectivity index (χ0n) is 12.2. The Morgan fingerprint density at radius 2 is 1.59 bits per heavy atom. The molecule has 104 valence electrons. The minimum absolute atomic E-state index is 0.109. The summed E-state index contributed by atoms with van der Waals surface area (Å²) in [6.07, 6.45) is 0.998. The molecule has 0 saturated heterocycles.